The number of aryl methyl sites for hydroxylation is 2. The maximum absolute atomic E-state index is 11.6. The van der Waals surface area contributed by atoms with Crippen LogP contribution in [0.5, 0.6) is 0 Å². The van der Waals surface area contributed by atoms with E-state index in [1.807, 2.05) is 45.0 Å². The van der Waals surface area contributed by atoms with E-state index < -0.39 is 0 Å². The van der Waals surface area contributed by atoms with E-state index in [0.717, 1.165) is 33.2 Å². The van der Waals surface area contributed by atoms with Gasteiger partial charge in [-0.2, -0.15) is 0 Å². The molecule has 0 spiro atoms. The largest absolute Gasteiger partial charge is 0.317 e. The van der Waals surface area contributed by atoms with Crippen LogP contribution in [0, 0.1) is 20.8 Å². The average Bonchev–Trinajstić information content (AvgIpc) is 2.56. The highest BCUT2D eigenvalue weighted by molar-refractivity contribution is 6.30. The van der Waals surface area contributed by atoms with Crippen LogP contribution >= 0.6 is 11.6 Å². The third-order valence-corrected chi connectivity index (χ3v) is 3.45. The molecular formula is C15H16ClNO. The fourth-order valence-corrected chi connectivity index (χ4v) is 2.59. The van der Waals surface area contributed by atoms with Crippen LogP contribution in [0.25, 0.3) is 5.69 Å². The quantitative estimate of drug-likeness (QED) is 0.741. The second kappa shape index (κ2) is 4.62. The Morgan fingerprint density at radius 3 is 2.33 bits per heavy atom. The number of nitrogens with zero attached hydrogens (tertiary/aromatic N) is 1. The van der Waals surface area contributed by atoms with Crippen molar-refractivity contribution in [2.75, 3.05) is 0 Å². The van der Waals surface area contributed by atoms with Gasteiger partial charge < -0.3 is 4.57 Å². The normalized spacial score (nSPS) is 10.7. The second-order valence-corrected chi connectivity index (χ2v) is 5.04. The molecule has 0 unspecified atom stereocenters. The summed E-state index contributed by atoms with van der Waals surface area (Å²) in [6.45, 7) is 7.60. The van der Waals surface area contributed by atoms with Crippen LogP contribution < -0.4 is 0 Å². The van der Waals surface area contributed by atoms with E-state index in [4.69, 9.17) is 11.6 Å². The lowest BCUT2D eigenvalue weighted by atomic mass is 10.1. The second-order valence-electron chi connectivity index (χ2n) is 4.61. The van der Waals surface area contributed by atoms with Gasteiger partial charge in [0.2, 0.25) is 0 Å². The first-order valence-corrected chi connectivity index (χ1v) is 6.26. The monoisotopic (exact) mass is 261 g/mol. The lowest BCUT2D eigenvalue weighted by Crippen LogP contribution is -2.03. The van der Waals surface area contributed by atoms with Gasteiger partial charge in [-0.25, -0.2) is 0 Å². The topological polar surface area (TPSA) is 22.0 Å². The number of halogens is 1. The van der Waals surface area contributed by atoms with E-state index in [1.54, 1.807) is 6.92 Å². The molecule has 0 fully saturated rings. The molecule has 0 N–H and O–H groups in total. The average molecular weight is 262 g/mol. The minimum atomic E-state index is 0.0981. The van der Waals surface area contributed by atoms with E-state index in [-0.39, 0.29) is 5.78 Å². The summed E-state index contributed by atoms with van der Waals surface area (Å²) in [5.41, 5.74) is 4.98. The van der Waals surface area contributed by atoms with Gasteiger partial charge in [0.05, 0.1) is 0 Å². The fraction of sp³-hybridized carbons (Fsp3) is 0.267. The Morgan fingerprint density at radius 1 is 1.17 bits per heavy atom. The van der Waals surface area contributed by atoms with Gasteiger partial charge in [-0.1, -0.05) is 11.6 Å². The molecule has 94 valence electrons. The van der Waals surface area contributed by atoms with Gasteiger partial charge in [-0.15, -0.1) is 0 Å². The van der Waals surface area contributed by atoms with Crippen LogP contribution in [0.1, 0.15) is 34.2 Å². The molecule has 1 aromatic heterocycles. The number of hydrogen-bond acceptors (Lipinski definition) is 1. The van der Waals surface area contributed by atoms with Crippen LogP contribution in [0.4, 0.5) is 0 Å². The molecule has 0 radical (unpaired) electrons. The molecular weight excluding hydrogens is 246 g/mol. The molecule has 1 heterocycles. The number of carbonyl (C=O) groups is 1. The highest BCUT2D eigenvalue weighted by atomic mass is 35.5. The van der Waals surface area contributed by atoms with Gasteiger partial charge in [-0.05, 0) is 57.5 Å². The number of rotatable bonds is 2. The lowest BCUT2D eigenvalue weighted by molar-refractivity contribution is 0.101. The molecule has 0 saturated heterocycles. The van der Waals surface area contributed by atoms with Crippen molar-refractivity contribution >= 4 is 17.4 Å². The van der Waals surface area contributed by atoms with E-state index in [9.17, 15) is 4.79 Å². The summed E-state index contributed by atoms with van der Waals surface area (Å²) in [7, 11) is 0. The van der Waals surface area contributed by atoms with Gasteiger partial charge in [0.15, 0.2) is 5.78 Å². The SMILES string of the molecule is CC(=O)c1cc(C)n(-c2ccc(Cl)cc2C)c1C. The Kier molecular flexibility index (Phi) is 3.31. The van der Waals surface area contributed by atoms with Gasteiger partial charge in [0.25, 0.3) is 0 Å². The van der Waals surface area contributed by atoms with Gasteiger partial charge in [-0.3, -0.25) is 4.79 Å². The Bertz CT molecular complexity index is 626. The smallest absolute Gasteiger partial charge is 0.161 e. The molecule has 0 amide bonds. The summed E-state index contributed by atoms with van der Waals surface area (Å²) >= 11 is 5.98. The number of hydrogen-bond donors (Lipinski definition) is 0. The molecule has 0 saturated carbocycles. The molecule has 3 heteroatoms. The van der Waals surface area contributed by atoms with Crippen molar-refractivity contribution in [2.45, 2.75) is 27.7 Å². The molecule has 1 aromatic carbocycles. The Labute approximate surface area is 112 Å². The Hall–Kier alpha value is -1.54. The zero-order valence-corrected chi connectivity index (χ0v) is 11.8. The van der Waals surface area contributed by atoms with Crippen molar-refractivity contribution in [3.8, 4) is 5.69 Å². The Balaban J connectivity index is 2.68. The standard InChI is InChI=1S/C15H16ClNO/c1-9-7-13(16)5-6-15(9)17-10(2)8-14(11(17)3)12(4)18/h5-8H,1-4H3. The molecule has 0 aliphatic rings. The van der Waals surface area contributed by atoms with E-state index in [0.29, 0.717) is 0 Å². The van der Waals surface area contributed by atoms with Crippen LogP contribution in [0.2, 0.25) is 5.02 Å². The number of carbonyl (C=O) groups excluding carboxylic acids is 1. The van der Waals surface area contributed by atoms with Crippen LogP contribution in [0.3, 0.4) is 0 Å². The number of benzene rings is 1. The van der Waals surface area contributed by atoms with E-state index in [2.05, 4.69) is 4.57 Å². The highest BCUT2D eigenvalue weighted by Gasteiger charge is 2.14. The number of Topliss-reactive ketones (excluding diaryl/α,β-unsaturated/α-hetero) is 1. The summed E-state index contributed by atoms with van der Waals surface area (Å²) < 4.78 is 2.10. The summed E-state index contributed by atoms with van der Waals surface area (Å²) in [5.74, 6) is 0.0981. The molecule has 0 atom stereocenters. The molecule has 2 rings (SSSR count). The first kappa shape index (κ1) is 12.9. The summed E-state index contributed by atoms with van der Waals surface area (Å²) in [6.07, 6.45) is 0. The predicted octanol–water partition coefficient (Wildman–Crippen LogP) is 4.26. The fourth-order valence-electron chi connectivity index (χ4n) is 2.36. The molecule has 2 nitrogen and oxygen atoms in total. The lowest BCUT2D eigenvalue weighted by Gasteiger charge is -2.13. The van der Waals surface area contributed by atoms with Crippen molar-refractivity contribution < 1.29 is 4.79 Å². The van der Waals surface area contributed by atoms with Crippen molar-refractivity contribution in [2.24, 2.45) is 0 Å². The van der Waals surface area contributed by atoms with Crippen molar-refractivity contribution in [1.29, 1.82) is 0 Å². The summed E-state index contributed by atoms with van der Waals surface area (Å²) in [4.78, 5) is 11.6. The summed E-state index contributed by atoms with van der Waals surface area (Å²) in [6, 6.07) is 7.73. The maximum atomic E-state index is 11.6. The third kappa shape index (κ3) is 2.08. The highest BCUT2D eigenvalue weighted by Crippen LogP contribution is 2.25. The zero-order chi connectivity index (χ0) is 13.4. The van der Waals surface area contributed by atoms with Gasteiger partial charge in [0, 0.05) is 27.7 Å². The molecule has 0 aliphatic heterocycles. The first-order valence-electron chi connectivity index (χ1n) is 5.88. The van der Waals surface area contributed by atoms with Crippen molar-refractivity contribution in [3.63, 3.8) is 0 Å². The molecule has 2 aromatic rings. The first-order chi connectivity index (χ1) is 8.41. The summed E-state index contributed by atoms with van der Waals surface area (Å²) in [5, 5.41) is 0.727. The maximum Gasteiger partial charge on any atom is 0.161 e. The predicted molar refractivity (Wildman–Crippen MR) is 75.0 cm³/mol. The minimum Gasteiger partial charge on any atom is -0.317 e. The zero-order valence-electron chi connectivity index (χ0n) is 11.0. The molecule has 18 heavy (non-hydrogen) atoms. The molecule has 0 bridgehead atoms. The third-order valence-electron chi connectivity index (χ3n) is 3.21. The van der Waals surface area contributed by atoms with Crippen LogP contribution in [-0.2, 0) is 0 Å². The Morgan fingerprint density at radius 2 is 1.83 bits per heavy atom. The van der Waals surface area contributed by atoms with Crippen molar-refractivity contribution in [3.05, 3.63) is 51.8 Å². The van der Waals surface area contributed by atoms with Gasteiger partial charge in [0.1, 0.15) is 0 Å². The van der Waals surface area contributed by atoms with E-state index >= 15 is 0 Å². The van der Waals surface area contributed by atoms with E-state index in [1.165, 1.54) is 0 Å². The van der Waals surface area contributed by atoms with Crippen LogP contribution in [-0.4, -0.2) is 10.4 Å². The van der Waals surface area contributed by atoms with Crippen LogP contribution in [0.15, 0.2) is 24.3 Å². The minimum absolute atomic E-state index is 0.0981. The number of ketones is 1. The number of aromatic nitrogens is 1. The molecule has 0 aliphatic carbocycles. The van der Waals surface area contributed by atoms with Crippen molar-refractivity contribution in [1.82, 2.24) is 4.57 Å². The van der Waals surface area contributed by atoms with Gasteiger partial charge >= 0.3 is 0 Å².